The zero-order valence-corrected chi connectivity index (χ0v) is 38.1. The van der Waals surface area contributed by atoms with Crippen LogP contribution in [0.2, 0.25) is 0 Å². The minimum atomic E-state index is -3.06. The van der Waals surface area contributed by atoms with E-state index >= 15 is 0 Å². The van der Waals surface area contributed by atoms with Crippen molar-refractivity contribution < 1.29 is 14.2 Å². The molecule has 0 radical (unpaired) electrons. The van der Waals surface area contributed by atoms with Crippen LogP contribution in [0.25, 0.3) is 0 Å². The second kappa shape index (κ2) is 13.5. The van der Waals surface area contributed by atoms with Crippen molar-refractivity contribution in [3.05, 3.63) is 182 Å². The monoisotopic (exact) mass is 927 g/mol. The quantitative estimate of drug-likeness (QED) is 0.160. The van der Waals surface area contributed by atoms with Gasteiger partial charge in [0.2, 0.25) is 0 Å². The molecule has 0 aliphatic carbocycles. The zero-order valence-electron chi connectivity index (χ0n) is 34.0. The Balaban J connectivity index is 1.02. The van der Waals surface area contributed by atoms with Crippen LogP contribution in [-0.4, -0.2) is 0 Å². The molecule has 11 heteroatoms. The molecule has 308 valence electrons. The third-order valence-corrected chi connectivity index (χ3v) is 21.0. The summed E-state index contributed by atoms with van der Waals surface area (Å²) in [6.45, 7) is 0. The van der Waals surface area contributed by atoms with Crippen molar-refractivity contribution >= 4 is 120 Å². The maximum atomic E-state index is 7.54. The highest BCUT2D eigenvalue weighted by atomic mass is 32.4. The van der Waals surface area contributed by atoms with Crippen LogP contribution < -0.4 is 44.8 Å². The second-order valence-corrected chi connectivity index (χ2v) is 23.8. The summed E-state index contributed by atoms with van der Waals surface area (Å²) in [4.78, 5) is 14.0. The van der Waals surface area contributed by atoms with Crippen LogP contribution in [0.15, 0.2) is 211 Å². The number of fused-ring (bicyclic) bond motifs is 6. The number of nitrogens with zero attached hydrogens (tertiary/aromatic N) is 3. The Kier molecular flexibility index (Phi) is 7.65. The number of ether oxygens (including phenoxy) is 3. The standard InChI is InChI=1S/C54H30N3O3PS4/c62-61-52-40-28-25-37(55-31-13-1-7-19-43(31)63-44-20-8-2-14-32(44)55)49(52)58-41-29-26-38(56-33-15-3-9-21-45(33)64-46-22-10-4-16-34(46)56)50(53(41)61)60-42-30-27-39(51(59-40)54(42)61)57-35-17-5-11-23-47(35)65-48-24-12-6-18-36(48)57/h1-30H. The Morgan fingerprint density at radius 2 is 0.523 bits per heavy atom. The largest absolute Gasteiger partial charge is 0.453 e. The maximum absolute atomic E-state index is 7.54. The molecule has 0 fully saturated rings. The fraction of sp³-hybridized carbons (Fsp3) is 0. The molecule has 65 heavy (non-hydrogen) atoms. The molecule has 0 atom stereocenters. The Bertz CT molecular complexity index is 3160. The molecule has 0 unspecified atom stereocenters. The molecule has 6 aliphatic heterocycles. The van der Waals surface area contributed by atoms with Gasteiger partial charge in [0.1, 0.15) is 17.2 Å². The Morgan fingerprint density at radius 3 is 0.769 bits per heavy atom. The summed E-state index contributed by atoms with van der Waals surface area (Å²) in [5.41, 5.74) is 9.24. The van der Waals surface area contributed by atoms with E-state index in [0.29, 0.717) is 34.5 Å². The van der Waals surface area contributed by atoms with Crippen molar-refractivity contribution in [2.24, 2.45) is 0 Å². The summed E-state index contributed by atoms with van der Waals surface area (Å²) in [5.74, 6) is 4.25. The molecule has 0 N–H and O–H groups in total. The molecule has 9 aromatic rings. The molecule has 6 nitrogen and oxygen atoms in total. The number of rotatable bonds is 3. The lowest BCUT2D eigenvalue weighted by molar-refractivity contribution is 0.447. The van der Waals surface area contributed by atoms with Gasteiger partial charge in [-0.05, 0) is 109 Å². The first-order chi connectivity index (χ1) is 32.1. The molecule has 0 bridgehead atoms. The van der Waals surface area contributed by atoms with E-state index in [2.05, 4.69) is 197 Å². The maximum Gasteiger partial charge on any atom is 0.164 e. The Morgan fingerprint density at radius 1 is 0.292 bits per heavy atom. The van der Waals surface area contributed by atoms with Crippen molar-refractivity contribution in [3.8, 4) is 34.5 Å². The number of hydrogen-bond acceptors (Lipinski definition) is 10. The van der Waals surface area contributed by atoms with E-state index in [-0.39, 0.29) is 0 Å². The summed E-state index contributed by atoms with van der Waals surface area (Å²) in [6.07, 6.45) is 0. The summed E-state index contributed by atoms with van der Waals surface area (Å²) in [6, 6.07) is 61.2. The van der Waals surface area contributed by atoms with Gasteiger partial charge >= 0.3 is 0 Å². The van der Waals surface area contributed by atoms with Gasteiger partial charge in [-0.3, -0.25) is 0 Å². The molecule has 0 saturated heterocycles. The van der Waals surface area contributed by atoms with Crippen LogP contribution in [0.4, 0.5) is 51.2 Å². The summed E-state index contributed by atoms with van der Waals surface area (Å²) < 4.78 is 22.1. The first-order valence-corrected chi connectivity index (χ1v) is 26.5. The van der Waals surface area contributed by atoms with Crippen LogP contribution in [0.3, 0.4) is 0 Å². The topological polar surface area (TPSA) is 37.4 Å². The highest BCUT2D eigenvalue weighted by Gasteiger charge is 2.52. The lowest BCUT2D eigenvalue weighted by atomic mass is 10.1. The first-order valence-electron chi connectivity index (χ1n) is 21.3. The Hall–Kier alpha value is -6.52. The number of anilines is 9. The smallest absolute Gasteiger partial charge is 0.164 e. The third-order valence-electron chi connectivity index (χ3n) is 12.8. The lowest BCUT2D eigenvalue weighted by Crippen LogP contribution is -2.40. The van der Waals surface area contributed by atoms with Crippen LogP contribution in [0.5, 0.6) is 34.5 Å². The van der Waals surface area contributed by atoms with E-state index in [1.54, 1.807) is 35.3 Å². The van der Waals surface area contributed by atoms with Crippen molar-refractivity contribution in [2.75, 3.05) is 14.7 Å². The molecular formula is C54H30N3O3PS4. The van der Waals surface area contributed by atoms with Gasteiger partial charge in [0, 0.05) is 29.4 Å². The normalized spacial score (nSPS) is 15.4. The fourth-order valence-electron chi connectivity index (χ4n) is 10.2. The molecule has 0 spiro atoms. The van der Waals surface area contributed by atoms with Gasteiger partial charge in [-0.25, -0.2) is 0 Å². The van der Waals surface area contributed by atoms with Gasteiger partial charge in [0.05, 0.1) is 73.1 Å². The predicted octanol–water partition coefficient (Wildman–Crippen LogP) is 15.6. The average molecular weight is 928 g/mol. The molecule has 9 aromatic carbocycles. The molecule has 6 heterocycles. The van der Waals surface area contributed by atoms with Gasteiger partial charge in [-0.15, -0.1) is 0 Å². The van der Waals surface area contributed by atoms with E-state index in [4.69, 9.17) is 26.0 Å². The lowest BCUT2D eigenvalue weighted by Gasteiger charge is -2.45. The van der Waals surface area contributed by atoms with Crippen LogP contribution in [0.1, 0.15) is 0 Å². The summed E-state index contributed by atoms with van der Waals surface area (Å²) in [5, 5.41) is 2.72. The SMILES string of the molecule is S=P12c3c4ccc(N5c6ccccc6Sc6ccccc65)c3Oc3ccc(N5c6ccccc6Sc6ccccc65)c(c31)Oc1ccc(N3c5ccccc5Sc5ccccc53)c(c12)O4. The van der Waals surface area contributed by atoms with Crippen LogP contribution >= 0.6 is 41.3 Å². The van der Waals surface area contributed by atoms with E-state index in [1.807, 2.05) is 0 Å². The fourth-order valence-corrected chi connectivity index (χ4v) is 18.2. The highest BCUT2D eigenvalue weighted by Crippen LogP contribution is 2.70. The number of hydrogen-bond donors (Lipinski definition) is 0. The van der Waals surface area contributed by atoms with Gasteiger partial charge in [0.25, 0.3) is 0 Å². The predicted molar refractivity (Wildman–Crippen MR) is 269 cm³/mol. The second-order valence-electron chi connectivity index (χ2n) is 16.3. The Labute approximate surface area is 392 Å². The van der Waals surface area contributed by atoms with Crippen LogP contribution in [0, 0.1) is 0 Å². The van der Waals surface area contributed by atoms with E-state index in [9.17, 15) is 0 Å². The zero-order chi connectivity index (χ0) is 42.5. The molecule has 6 aliphatic rings. The summed E-state index contributed by atoms with van der Waals surface area (Å²) in [7, 11) is 0. The minimum Gasteiger partial charge on any atom is -0.453 e. The van der Waals surface area contributed by atoms with Crippen LogP contribution in [-0.2, 0) is 11.8 Å². The first kappa shape index (κ1) is 36.8. The minimum absolute atomic E-state index is 0.702. The number of para-hydroxylation sites is 6. The average Bonchev–Trinajstić information content (AvgIpc) is 3.34. The molecule has 0 amide bonds. The molecule has 0 saturated carbocycles. The van der Waals surface area contributed by atoms with E-state index in [1.165, 1.54) is 29.4 Å². The molecule has 0 aromatic heterocycles. The molecular weight excluding hydrogens is 898 g/mol. The van der Waals surface area contributed by atoms with E-state index in [0.717, 1.165) is 67.1 Å². The highest BCUT2D eigenvalue weighted by molar-refractivity contribution is 8.26. The van der Waals surface area contributed by atoms with E-state index < -0.39 is 6.04 Å². The molecule has 15 rings (SSSR count). The van der Waals surface area contributed by atoms with Crippen molar-refractivity contribution in [2.45, 2.75) is 29.4 Å². The number of benzene rings is 9. The van der Waals surface area contributed by atoms with Gasteiger partial charge in [-0.2, -0.15) is 0 Å². The third kappa shape index (κ3) is 4.98. The van der Waals surface area contributed by atoms with Crippen molar-refractivity contribution in [3.63, 3.8) is 0 Å². The van der Waals surface area contributed by atoms with Gasteiger partial charge < -0.3 is 28.9 Å². The van der Waals surface area contributed by atoms with Gasteiger partial charge in [-0.1, -0.05) is 120 Å². The van der Waals surface area contributed by atoms with Crippen molar-refractivity contribution in [1.82, 2.24) is 0 Å². The summed E-state index contributed by atoms with van der Waals surface area (Å²) >= 11 is 12.9. The van der Waals surface area contributed by atoms with Crippen molar-refractivity contribution in [1.29, 1.82) is 0 Å². The van der Waals surface area contributed by atoms with Gasteiger partial charge in [0.15, 0.2) is 17.2 Å².